The zero-order valence-electron chi connectivity index (χ0n) is 10.8. The van der Waals surface area contributed by atoms with E-state index in [9.17, 15) is 14.7 Å². The van der Waals surface area contributed by atoms with E-state index in [1.165, 1.54) is 0 Å². The van der Waals surface area contributed by atoms with Crippen molar-refractivity contribution in [2.45, 2.75) is 25.4 Å². The maximum atomic E-state index is 11.6. The third-order valence-corrected chi connectivity index (χ3v) is 3.45. The van der Waals surface area contributed by atoms with E-state index < -0.39 is 11.6 Å². The van der Waals surface area contributed by atoms with Crippen LogP contribution >= 0.6 is 23.2 Å². The summed E-state index contributed by atoms with van der Waals surface area (Å²) >= 11 is 11.6. The van der Waals surface area contributed by atoms with Gasteiger partial charge >= 0.3 is 5.97 Å². The molecule has 0 saturated carbocycles. The molecule has 0 heterocycles. The van der Waals surface area contributed by atoms with Gasteiger partial charge in [0, 0.05) is 6.42 Å². The number of aliphatic carboxylic acids is 1. The Hall–Kier alpha value is -1.30. The van der Waals surface area contributed by atoms with E-state index in [0.717, 1.165) is 12.5 Å². The summed E-state index contributed by atoms with van der Waals surface area (Å²) in [7, 11) is 0. The minimum absolute atomic E-state index is 0.160. The number of halogens is 2. The Morgan fingerprint density at radius 3 is 2.50 bits per heavy atom. The normalized spacial score (nSPS) is 13.6. The number of aryl methyl sites for hydroxylation is 1. The van der Waals surface area contributed by atoms with Gasteiger partial charge in [-0.25, -0.2) is 4.79 Å². The summed E-state index contributed by atoms with van der Waals surface area (Å²) in [5, 5.41) is 21.4. The van der Waals surface area contributed by atoms with Crippen LogP contribution in [0.3, 0.4) is 0 Å². The van der Waals surface area contributed by atoms with Crippen LogP contribution in [-0.4, -0.2) is 34.2 Å². The minimum atomic E-state index is -1.97. The number of carbonyl (C=O) groups excluding carboxylic acids is 1. The molecule has 1 amide bonds. The molecule has 1 rings (SSSR count). The second-order valence-corrected chi connectivity index (χ2v) is 5.42. The predicted octanol–water partition coefficient (Wildman–Crippen LogP) is 1.88. The lowest BCUT2D eigenvalue weighted by molar-refractivity contribution is -0.156. The zero-order valence-corrected chi connectivity index (χ0v) is 12.3. The van der Waals surface area contributed by atoms with Gasteiger partial charge in [0.15, 0.2) is 5.60 Å². The van der Waals surface area contributed by atoms with Crippen molar-refractivity contribution in [1.82, 2.24) is 5.32 Å². The highest BCUT2D eigenvalue weighted by Crippen LogP contribution is 2.23. The number of hydrogen-bond acceptors (Lipinski definition) is 3. The molecule has 0 radical (unpaired) electrons. The van der Waals surface area contributed by atoms with Crippen molar-refractivity contribution in [3.8, 4) is 0 Å². The van der Waals surface area contributed by atoms with Crippen molar-refractivity contribution in [2.75, 3.05) is 6.54 Å². The molecule has 0 fully saturated rings. The molecule has 1 unspecified atom stereocenters. The van der Waals surface area contributed by atoms with Crippen LogP contribution in [0.5, 0.6) is 0 Å². The fourth-order valence-electron chi connectivity index (χ4n) is 1.39. The smallest absolute Gasteiger partial charge is 0.337 e. The summed E-state index contributed by atoms with van der Waals surface area (Å²) in [6, 6.07) is 5.08. The van der Waals surface area contributed by atoms with Crippen LogP contribution in [0.25, 0.3) is 0 Å². The van der Waals surface area contributed by atoms with Crippen molar-refractivity contribution in [2.24, 2.45) is 0 Å². The maximum Gasteiger partial charge on any atom is 0.337 e. The molecule has 1 aromatic rings. The SMILES string of the molecule is CC(O)(CNC(=O)CCc1ccc(Cl)c(Cl)c1)C(=O)O. The van der Waals surface area contributed by atoms with Gasteiger partial charge in [-0.2, -0.15) is 0 Å². The van der Waals surface area contributed by atoms with Crippen molar-refractivity contribution in [3.05, 3.63) is 33.8 Å². The van der Waals surface area contributed by atoms with Gasteiger partial charge in [0.1, 0.15) is 0 Å². The molecule has 0 spiro atoms. The molecule has 110 valence electrons. The van der Waals surface area contributed by atoms with Crippen molar-refractivity contribution in [1.29, 1.82) is 0 Å². The van der Waals surface area contributed by atoms with Gasteiger partial charge in [-0.3, -0.25) is 4.79 Å². The standard InChI is InChI=1S/C13H15Cl2NO4/c1-13(20,12(18)19)7-16-11(17)5-3-8-2-4-9(14)10(15)6-8/h2,4,6,20H,3,5,7H2,1H3,(H,16,17)(H,18,19). The number of carboxylic acids is 1. The Labute approximate surface area is 126 Å². The lowest BCUT2D eigenvalue weighted by Gasteiger charge is -2.18. The summed E-state index contributed by atoms with van der Waals surface area (Å²) in [6.45, 7) is 0.775. The van der Waals surface area contributed by atoms with Gasteiger partial charge in [-0.15, -0.1) is 0 Å². The van der Waals surface area contributed by atoms with E-state index >= 15 is 0 Å². The number of amides is 1. The van der Waals surface area contributed by atoms with Crippen LogP contribution in [-0.2, 0) is 16.0 Å². The second-order valence-electron chi connectivity index (χ2n) is 4.60. The number of aliphatic hydroxyl groups is 1. The Bertz CT molecular complexity index is 517. The van der Waals surface area contributed by atoms with Crippen LogP contribution in [0.2, 0.25) is 10.0 Å². The van der Waals surface area contributed by atoms with Gasteiger partial charge in [0.25, 0.3) is 0 Å². The Balaban J connectivity index is 2.44. The summed E-state index contributed by atoms with van der Waals surface area (Å²) in [5.74, 6) is -1.74. The van der Waals surface area contributed by atoms with Crippen LogP contribution in [0.4, 0.5) is 0 Å². The summed E-state index contributed by atoms with van der Waals surface area (Å²) < 4.78 is 0. The zero-order chi connectivity index (χ0) is 15.3. The van der Waals surface area contributed by atoms with Crippen LogP contribution in [0, 0.1) is 0 Å². The maximum absolute atomic E-state index is 11.6. The molecular weight excluding hydrogens is 305 g/mol. The monoisotopic (exact) mass is 319 g/mol. The lowest BCUT2D eigenvalue weighted by Crippen LogP contribution is -2.46. The Kier molecular flexibility index (Phi) is 5.80. The fraction of sp³-hybridized carbons (Fsp3) is 0.385. The first-order chi connectivity index (χ1) is 9.22. The van der Waals surface area contributed by atoms with E-state index in [4.69, 9.17) is 28.3 Å². The summed E-state index contributed by atoms with van der Waals surface area (Å²) in [6.07, 6.45) is 0.603. The second kappa shape index (κ2) is 6.92. The van der Waals surface area contributed by atoms with Crippen LogP contribution in [0.1, 0.15) is 18.9 Å². The van der Waals surface area contributed by atoms with E-state index in [-0.39, 0.29) is 18.9 Å². The molecule has 0 aliphatic heterocycles. The molecular formula is C13H15Cl2NO4. The van der Waals surface area contributed by atoms with Crippen molar-refractivity contribution < 1.29 is 19.8 Å². The first-order valence-corrected chi connectivity index (χ1v) is 6.64. The van der Waals surface area contributed by atoms with E-state index in [0.29, 0.717) is 16.5 Å². The number of carboxylic acid groups (broad SMARTS) is 1. The van der Waals surface area contributed by atoms with Gasteiger partial charge < -0.3 is 15.5 Å². The molecule has 0 aromatic heterocycles. The third kappa shape index (κ3) is 5.00. The molecule has 0 aliphatic carbocycles. The average Bonchev–Trinajstić information content (AvgIpc) is 2.37. The molecule has 1 aromatic carbocycles. The Morgan fingerprint density at radius 2 is 1.95 bits per heavy atom. The number of nitrogens with one attached hydrogen (secondary N) is 1. The van der Waals surface area contributed by atoms with E-state index in [1.807, 2.05) is 0 Å². The first kappa shape index (κ1) is 16.8. The molecule has 0 saturated heterocycles. The summed E-state index contributed by atoms with van der Waals surface area (Å²) in [5.41, 5.74) is -1.13. The topological polar surface area (TPSA) is 86.6 Å². The van der Waals surface area contributed by atoms with Gasteiger partial charge in [0.2, 0.25) is 5.91 Å². The molecule has 7 heteroatoms. The number of benzene rings is 1. The molecule has 0 bridgehead atoms. The first-order valence-electron chi connectivity index (χ1n) is 5.89. The predicted molar refractivity (Wildman–Crippen MR) is 76.1 cm³/mol. The average molecular weight is 320 g/mol. The fourth-order valence-corrected chi connectivity index (χ4v) is 1.71. The number of rotatable bonds is 6. The number of hydrogen-bond donors (Lipinski definition) is 3. The quantitative estimate of drug-likeness (QED) is 0.747. The minimum Gasteiger partial charge on any atom is -0.479 e. The Morgan fingerprint density at radius 1 is 1.30 bits per heavy atom. The van der Waals surface area contributed by atoms with Crippen LogP contribution < -0.4 is 5.32 Å². The molecule has 0 aliphatic rings. The van der Waals surface area contributed by atoms with Crippen molar-refractivity contribution in [3.63, 3.8) is 0 Å². The molecule has 3 N–H and O–H groups in total. The van der Waals surface area contributed by atoms with Gasteiger partial charge in [-0.1, -0.05) is 29.3 Å². The van der Waals surface area contributed by atoms with E-state index in [1.54, 1.807) is 18.2 Å². The number of carbonyl (C=O) groups is 2. The molecule has 20 heavy (non-hydrogen) atoms. The van der Waals surface area contributed by atoms with Gasteiger partial charge in [-0.05, 0) is 31.0 Å². The van der Waals surface area contributed by atoms with Crippen LogP contribution in [0.15, 0.2) is 18.2 Å². The van der Waals surface area contributed by atoms with E-state index in [2.05, 4.69) is 5.32 Å². The third-order valence-electron chi connectivity index (χ3n) is 2.72. The lowest BCUT2D eigenvalue weighted by atomic mass is 10.1. The highest BCUT2D eigenvalue weighted by atomic mass is 35.5. The molecule has 1 atom stereocenters. The van der Waals surface area contributed by atoms with Crippen molar-refractivity contribution >= 4 is 35.1 Å². The molecule has 5 nitrogen and oxygen atoms in total. The summed E-state index contributed by atoms with van der Waals surface area (Å²) in [4.78, 5) is 22.2. The largest absolute Gasteiger partial charge is 0.479 e. The highest BCUT2D eigenvalue weighted by Gasteiger charge is 2.30. The highest BCUT2D eigenvalue weighted by molar-refractivity contribution is 6.42. The van der Waals surface area contributed by atoms with Gasteiger partial charge in [0.05, 0.1) is 16.6 Å².